The molecule has 4 nitrogen and oxygen atoms in total. The molecule has 0 radical (unpaired) electrons. The van der Waals surface area contributed by atoms with E-state index in [9.17, 15) is 9.59 Å². The summed E-state index contributed by atoms with van der Waals surface area (Å²) in [6.45, 7) is 3.92. The molecule has 0 saturated heterocycles. The Balaban J connectivity index is 2.41. The maximum absolute atomic E-state index is 12.4. The fraction of sp³-hybridized carbons (Fsp3) is 0.429. The highest BCUT2D eigenvalue weighted by Gasteiger charge is 2.30. The molecule has 0 aromatic heterocycles. The summed E-state index contributed by atoms with van der Waals surface area (Å²) in [5.41, 5.74) is 0.689. The van der Waals surface area contributed by atoms with Gasteiger partial charge in [-0.25, -0.2) is 0 Å². The number of carbonyl (C=O) groups is 2. The number of nitrogens with zero attached hydrogens (tertiary/aromatic N) is 1. The van der Waals surface area contributed by atoms with Crippen LogP contribution in [-0.2, 0) is 9.59 Å². The van der Waals surface area contributed by atoms with Crippen molar-refractivity contribution in [3.05, 3.63) is 24.3 Å². The van der Waals surface area contributed by atoms with Crippen LogP contribution in [0, 0.1) is 5.92 Å². The van der Waals surface area contributed by atoms with E-state index in [1.165, 1.54) is 6.92 Å². The molecule has 18 heavy (non-hydrogen) atoms. The van der Waals surface area contributed by atoms with Crippen molar-refractivity contribution in [2.75, 3.05) is 18.1 Å². The van der Waals surface area contributed by atoms with Crippen LogP contribution in [0.2, 0.25) is 0 Å². The first-order valence-corrected chi connectivity index (χ1v) is 6.16. The number of fused-ring (bicyclic) bond motifs is 1. The maximum atomic E-state index is 12.4. The first-order chi connectivity index (χ1) is 8.63. The number of hydrogen-bond acceptors (Lipinski definition) is 3. The van der Waals surface area contributed by atoms with E-state index in [1.807, 2.05) is 31.2 Å². The van der Waals surface area contributed by atoms with Crippen LogP contribution in [0.4, 0.5) is 5.69 Å². The molecule has 1 aromatic rings. The third-order valence-electron chi connectivity index (χ3n) is 3.08. The lowest BCUT2D eigenvalue weighted by Crippen LogP contribution is -2.39. The molecule has 0 bridgehead atoms. The number of anilines is 1. The van der Waals surface area contributed by atoms with Crippen LogP contribution >= 0.6 is 0 Å². The highest BCUT2D eigenvalue weighted by Crippen LogP contribution is 2.32. The van der Waals surface area contributed by atoms with E-state index in [2.05, 4.69) is 0 Å². The van der Waals surface area contributed by atoms with Crippen LogP contribution in [-0.4, -0.2) is 24.8 Å². The van der Waals surface area contributed by atoms with E-state index in [1.54, 1.807) is 4.90 Å². The predicted molar refractivity (Wildman–Crippen MR) is 68.8 cm³/mol. The lowest BCUT2D eigenvalue weighted by molar-refractivity contribution is -0.125. The van der Waals surface area contributed by atoms with Gasteiger partial charge in [0.2, 0.25) is 5.91 Å². The third-order valence-corrected chi connectivity index (χ3v) is 3.08. The van der Waals surface area contributed by atoms with Gasteiger partial charge in [0.25, 0.3) is 0 Å². The molecule has 0 N–H and O–H groups in total. The van der Waals surface area contributed by atoms with Crippen molar-refractivity contribution in [3.8, 4) is 5.75 Å². The van der Waals surface area contributed by atoms with Crippen LogP contribution in [0.5, 0.6) is 5.75 Å². The second-order valence-corrected chi connectivity index (χ2v) is 4.51. The van der Waals surface area contributed by atoms with Gasteiger partial charge in [-0.3, -0.25) is 9.59 Å². The fourth-order valence-corrected chi connectivity index (χ4v) is 2.08. The quantitative estimate of drug-likeness (QED) is 0.821. The van der Waals surface area contributed by atoms with Gasteiger partial charge in [0.05, 0.1) is 24.8 Å². The molecule has 1 aliphatic rings. The fourth-order valence-electron chi connectivity index (χ4n) is 2.08. The molecule has 0 saturated carbocycles. The van der Waals surface area contributed by atoms with Crippen LogP contribution in [0.25, 0.3) is 0 Å². The Morgan fingerprint density at radius 1 is 1.44 bits per heavy atom. The number of Topliss-reactive ketones (excluding diaryl/α,β-unsaturated/α-hetero) is 1. The van der Waals surface area contributed by atoms with Crippen molar-refractivity contribution < 1.29 is 14.3 Å². The smallest absolute Gasteiger partial charge is 0.234 e. The molecule has 0 spiro atoms. The number of para-hydroxylation sites is 2. The number of amides is 1. The molecular formula is C14H17NO3. The van der Waals surface area contributed by atoms with E-state index < -0.39 is 0 Å². The summed E-state index contributed by atoms with van der Waals surface area (Å²) in [6, 6.07) is 7.35. The van der Waals surface area contributed by atoms with Crippen LogP contribution in [0.3, 0.4) is 0 Å². The zero-order valence-electron chi connectivity index (χ0n) is 10.7. The Morgan fingerprint density at radius 2 is 2.17 bits per heavy atom. The molecule has 4 heteroatoms. The summed E-state index contributed by atoms with van der Waals surface area (Å²) >= 11 is 0. The molecule has 0 aliphatic carbocycles. The Labute approximate surface area is 107 Å². The number of ketones is 1. The molecule has 1 atom stereocenters. The van der Waals surface area contributed by atoms with Crippen molar-refractivity contribution in [2.45, 2.75) is 20.3 Å². The maximum Gasteiger partial charge on any atom is 0.234 e. The molecule has 96 valence electrons. The first kappa shape index (κ1) is 12.6. The highest BCUT2D eigenvalue weighted by molar-refractivity contribution is 6.01. The standard InChI is InChI=1S/C14H17NO3/c1-3-11-9-18-13-7-5-4-6-12(13)15(14(11)17)8-10(2)16/h4-7,11H,3,8-9H2,1-2H3. The van der Waals surface area contributed by atoms with Crippen LogP contribution in [0.15, 0.2) is 24.3 Å². The molecule has 1 aliphatic heterocycles. The van der Waals surface area contributed by atoms with Crippen LogP contribution in [0.1, 0.15) is 20.3 Å². The number of ether oxygens (including phenoxy) is 1. The predicted octanol–water partition coefficient (Wildman–Crippen LogP) is 2.03. The third kappa shape index (κ3) is 2.37. The normalized spacial score (nSPS) is 18.9. The largest absolute Gasteiger partial charge is 0.491 e. The zero-order chi connectivity index (χ0) is 13.1. The second kappa shape index (κ2) is 5.21. The highest BCUT2D eigenvalue weighted by atomic mass is 16.5. The van der Waals surface area contributed by atoms with Gasteiger partial charge in [0.15, 0.2) is 0 Å². The molecule has 1 amide bonds. The van der Waals surface area contributed by atoms with Crippen molar-refractivity contribution in [1.82, 2.24) is 0 Å². The summed E-state index contributed by atoms with van der Waals surface area (Å²) in [4.78, 5) is 25.2. The molecule has 1 heterocycles. The van der Waals surface area contributed by atoms with Crippen molar-refractivity contribution >= 4 is 17.4 Å². The molecule has 2 rings (SSSR count). The number of benzene rings is 1. The monoisotopic (exact) mass is 247 g/mol. The second-order valence-electron chi connectivity index (χ2n) is 4.51. The van der Waals surface area contributed by atoms with Gasteiger partial charge in [-0.05, 0) is 25.5 Å². The van der Waals surface area contributed by atoms with E-state index >= 15 is 0 Å². The van der Waals surface area contributed by atoms with Gasteiger partial charge in [0, 0.05) is 0 Å². The van der Waals surface area contributed by atoms with Gasteiger partial charge in [-0.2, -0.15) is 0 Å². The van der Waals surface area contributed by atoms with Gasteiger partial charge >= 0.3 is 0 Å². The SMILES string of the molecule is CCC1COc2ccccc2N(CC(C)=O)C1=O. The van der Waals surface area contributed by atoms with Gasteiger partial charge in [-0.15, -0.1) is 0 Å². The minimum atomic E-state index is -0.184. The van der Waals surface area contributed by atoms with E-state index in [-0.39, 0.29) is 24.2 Å². The molecular weight excluding hydrogens is 230 g/mol. The lowest BCUT2D eigenvalue weighted by atomic mass is 10.1. The summed E-state index contributed by atoms with van der Waals surface area (Å²) in [5.74, 6) is 0.423. The van der Waals surface area contributed by atoms with Crippen molar-refractivity contribution in [1.29, 1.82) is 0 Å². The Bertz CT molecular complexity index is 470. The van der Waals surface area contributed by atoms with Crippen molar-refractivity contribution in [2.24, 2.45) is 5.92 Å². The van der Waals surface area contributed by atoms with E-state index in [0.717, 1.165) is 0 Å². The number of rotatable bonds is 3. The zero-order valence-corrected chi connectivity index (χ0v) is 10.7. The van der Waals surface area contributed by atoms with Crippen molar-refractivity contribution in [3.63, 3.8) is 0 Å². The Hall–Kier alpha value is -1.84. The van der Waals surface area contributed by atoms with E-state index in [0.29, 0.717) is 24.5 Å². The lowest BCUT2D eigenvalue weighted by Gasteiger charge is -2.22. The summed E-state index contributed by atoms with van der Waals surface area (Å²) < 4.78 is 5.66. The van der Waals surface area contributed by atoms with Crippen LogP contribution < -0.4 is 9.64 Å². The number of hydrogen-bond donors (Lipinski definition) is 0. The minimum Gasteiger partial charge on any atom is -0.491 e. The van der Waals surface area contributed by atoms with Gasteiger partial charge < -0.3 is 9.64 Å². The average Bonchev–Trinajstić information content (AvgIpc) is 2.48. The summed E-state index contributed by atoms with van der Waals surface area (Å²) in [7, 11) is 0. The van der Waals surface area contributed by atoms with E-state index in [4.69, 9.17) is 4.74 Å². The Morgan fingerprint density at radius 3 is 2.83 bits per heavy atom. The average molecular weight is 247 g/mol. The molecule has 1 aromatic carbocycles. The van der Waals surface area contributed by atoms with Gasteiger partial charge in [0.1, 0.15) is 11.5 Å². The van der Waals surface area contributed by atoms with Gasteiger partial charge in [-0.1, -0.05) is 19.1 Å². The topological polar surface area (TPSA) is 46.6 Å². The summed E-state index contributed by atoms with van der Waals surface area (Å²) in [5, 5.41) is 0. The molecule has 1 unspecified atom stereocenters. The molecule has 0 fully saturated rings. The minimum absolute atomic E-state index is 0.0300. The number of carbonyl (C=O) groups excluding carboxylic acids is 2. The first-order valence-electron chi connectivity index (χ1n) is 6.16. The Kier molecular flexibility index (Phi) is 3.65. The summed E-state index contributed by atoms with van der Waals surface area (Å²) in [6.07, 6.45) is 0.710.